The molecular formula is C19H29N7O3. The van der Waals surface area contributed by atoms with Crippen molar-refractivity contribution in [3.63, 3.8) is 0 Å². The van der Waals surface area contributed by atoms with Crippen LogP contribution in [0.4, 0.5) is 5.69 Å². The van der Waals surface area contributed by atoms with Gasteiger partial charge in [-0.05, 0) is 27.7 Å². The van der Waals surface area contributed by atoms with Gasteiger partial charge in [-0.2, -0.15) is 10.2 Å². The van der Waals surface area contributed by atoms with Crippen LogP contribution < -0.4 is 0 Å². The molecule has 0 aromatic carbocycles. The predicted octanol–water partition coefficient (Wildman–Crippen LogP) is 1.67. The molecule has 1 amide bonds. The molecule has 0 radical (unpaired) electrons. The fraction of sp³-hybridized carbons (Fsp3) is 0.632. The first-order chi connectivity index (χ1) is 13.8. The maximum Gasteiger partial charge on any atom is 0.312 e. The zero-order chi connectivity index (χ0) is 21.1. The van der Waals surface area contributed by atoms with Crippen LogP contribution in [0.2, 0.25) is 0 Å². The summed E-state index contributed by atoms with van der Waals surface area (Å²) in [6.07, 6.45) is 2.23. The minimum absolute atomic E-state index is 0.0350. The van der Waals surface area contributed by atoms with Crippen molar-refractivity contribution in [1.82, 2.24) is 29.4 Å². The molecule has 1 fully saturated rings. The van der Waals surface area contributed by atoms with Gasteiger partial charge in [0.15, 0.2) is 0 Å². The highest BCUT2D eigenvalue weighted by Gasteiger charge is 2.24. The molecule has 0 N–H and O–H groups in total. The Morgan fingerprint density at radius 1 is 1.14 bits per heavy atom. The van der Waals surface area contributed by atoms with Crippen molar-refractivity contribution in [2.24, 2.45) is 0 Å². The van der Waals surface area contributed by atoms with Gasteiger partial charge >= 0.3 is 5.69 Å². The van der Waals surface area contributed by atoms with E-state index in [0.717, 1.165) is 26.2 Å². The number of hydrogen-bond acceptors (Lipinski definition) is 6. The minimum atomic E-state index is -0.416. The molecule has 0 spiro atoms. The highest BCUT2D eigenvalue weighted by atomic mass is 16.6. The van der Waals surface area contributed by atoms with Crippen molar-refractivity contribution in [2.75, 3.05) is 26.2 Å². The molecule has 158 valence electrons. The smallest absolute Gasteiger partial charge is 0.312 e. The van der Waals surface area contributed by atoms with Gasteiger partial charge in [-0.3, -0.25) is 29.2 Å². The fourth-order valence-corrected chi connectivity index (χ4v) is 3.88. The van der Waals surface area contributed by atoms with Gasteiger partial charge in [0.2, 0.25) is 5.91 Å². The monoisotopic (exact) mass is 403 g/mol. The van der Waals surface area contributed by atoms with Crippen LogP contribution in [-0.2, 0) is 24.4 Å². The Hall–Kier alpha value is -2.75. The Bertz CT molecular complexity index is 894. The Morgan fingerprint density at radius 3 is 2.38 bits per heavy atom. The third kappa shape index (κ3) is 4.47. The molecule has 1 aliphatic rings. The van der Waals surface area contributed by atoms with E-state index < -0.39 is 4.92 Å². The molecule has 2 aromatic rings. The van der Waals surface area contributed by atoms with Gasteiger partial charge in [0.05, 0.1) is 17.7 Å². The average molecular weight is 403 g/mol. The SMILES string of the molecule is CCn1ncc(CN2CCN(C(=O)CCn3nc(C)c([N+](=O)[O-])c3C)CC2)c1C. The number of nitro groups is 1. The third-order valence-corrected chi connectivity index (χ3v) is 5.69. The second-order valence-corrected chi connectivity index (χ2v) is 7.48. The van der Waals surface area contributed by atoms with E-state index in [9.17, 15) is 14.9 Å². The first kappa shape index (κ1) is 21.0. The summed E-state index contributed by atoms with van der Waals surface area (Å²) in [6, 6.07) is 0. The predicted molar refractivity (Wildman–Crippen MR) is 107 cm³/mol. The van der Waals surface area contributed by atoms with Gasteiger partial charge in [-0.25, -0.2) is 0 Å². The van der Waals surface area contributed by atoms with Crippen molar-refractivity contribution >= 4 is 11.6 Å². The molecule has 3 heterocycles. The summed E-state index contributed by atoms with van der Waals surface area (Å²) in [5.41, 5.74) is 3.35. The minimum Gasteiger partial charge on any atom is -0.340 e. The summed E-state index contributed by atoms with van der Waals surface area (Å²) in [7, 11) is 0. The van der Waals surface area contributed by atoms with E-state index in [2.05, 4.69) is 28.9 Å². The van der Waals surface area contributed by atoms with Crippen molar-refractivity contribution in [2.45, 2.75) is 53.8 Å². The molecule has 0 aliphatic carbocycles. The number of carbonyl (C=O) groups excluding carboxylic acids is 1. The first-order valence-electron chi connectivity index (χ1n) is 10.0. The Morgan fingerprint density at radius 2 is 1.83 bits per heavy atom. The number of aromatic nitrogens is 4. The van der Waals surface area contributed by atoms with E-state index in [1.54, 1.807) is 18.5 Å². The van der Waals surface area contributed by atoms with Crippen molar-refractivity contribution < 1.29 is 9.72 Å². The van der Waals surface area contributed by atoms with Crippen LogP contribution in [0.25, 0.3) is 0 Å². The number of hydrogen-bond donors (Lipinski definition) is 0. The van der Waals surface area contributed by atoms with E-state index in [1.165, 1.54) is 11.3 Å². The molecular weight excluding hydrogens is 374 g/mol. The number of amides is 1. The van der Waals surface area contributed by atoms with E-state index in [-0.39, 0.29) is 11.6 Å². The van der Waals surface area contributed by atoms with Crippen LogP contribution in [0.5, 0.6) is 0 Å². The zero-order valence-corrected chi connectivity index (χ0v) is 17.6. The second kappa shape index (κ2) is 8.73. The van der Waals surface area contributed by atoms with Gasteiger partial charge in [0, 0.05) is 56.9 Å². The molecule has 10 heteroatoms. The summed E-state index contributed by atoms with van der Waals surface area (Å²) in [5.74, 6) is 0.0647. The van der Waals surface area contributed by atoms with Crippen molar-refractivity contribution in [3.05, 3.63) is 39.0 Å². The number of rotatable bonds is 7. The molecule has 3 rings (SSSR count). The molecule has 1 aliphatic heterocycles. The van der Waals surface area contributed by atoms with Gasteiger partial charge in [-0.1, -0.05) is 0 Å². The van der Waals surface area contributed by atoms with Crippen LogP contribution in [0.1, 0.15) is 36.0 Å². The number of nitrogens with zero attached hydrogens (tertiary/aromatic N) is 7. The van der Waals surface area contributed by atoms with Crippen LogP contribution in [0.3, 0.4) is 0 Å². The summed E-state index contributed by atoms with van der Waals surface area (Å²) < 4.78 is 3.56. The normalized spacial score (nSPS) is 15.1. The zero-order valence-electron chi connectivity index (χ0n) is 17.6. The topological polar surface area (TPSA) is 102 Å². The van der Waals surface area contributed by atoms with E-state index >= 15 is 0 Å². The Labute approximate surface area is 170 Å². The maximum atomic E-state index is 12.6. The van der Waals surface area contributed by atoms with Crippen LogP contribution in [0, 0.1) is 30.9 Å². The lowest BCUT2D eigenvalue weighted by Crippen LogP contribution is -2.48. The number of carbonyl (C=O) groups is 1. The van der Waals surface area contributed by atoms with Crippen LogP contribution >= 0.6 is 0 Å². The summed E-state index contributed by atoms with van der Waals surface area (Å²) in [5, 5.41) is 19.7. The van der Waals surface area contributed by atoms with Crippen LogP contribution in [0.15, 0.2) is 6.20 Å². The van der Waals surface area contributed by atoms with Gasteiger partial charge in [0.1, 0.15) is 11.4 Å². The fourth-order valence-electron chi connectivity index (χ4n) is 3.88. The molecule has 0 saturated carbocycles. The maximum absolute atomic E-state index is 12.6. The molecule has 0 bridgehead atoms. The van der Waals surface area contributed by atoms with Crippen LogP contribution in [-0.4, -0.2) is 66.4 Å². The molecule has 29 heavy (non-hydrogen) atoms. The van der Waals surface area contributed by atoms with E-state index in [4.69, 9.17) is 0 Å². The quantitative estimate of drug-likeness (QED) is 0.515. The number of piperazine rings is 1. The number of aryl methyl sites for hydroxylation is 3. The van der Waals surface area contributed by atoms with Crippen molar-refractivity contribution in [3.8, 4) is 0 Å². The molecule has 0 unspecified atom stereocenters. The largest absolute Gasteiger partial charge is 0.340 e. The summed E-state index contributed by atoms with van der Waals surface area (Å²) in [4.78, 5) is 27.5. The third-order valence-electron chi connectivity index (χ3n) is 5.69. The Balaban J connectivity index is 1.49. The molecule has 0 atom stereocenters. The second-order valence-electron chi connectivity index (χ2n) is 7.48. The van der Waals surface area contributed by atoms with E-state index in [1.807, 2.05) is 15.8 Å². The molecule has 10 nitrogen and oxygen atoms in total. The lowest BCUT2D eigenvalue weighted by atomic mass is 10.2. The summed E-state index contributed by atoms with van der Waals surface area (Å²) >= 11 is 0. The lowest BCUT2D eigenvalue weighted by Gasteiger charge is -2.34. The standard InChI is InChI=1S/C19H29N7O3/c1-5-24-15(3)17(12-20-24)13-22-8-10-23(11-9-22)18(27)6-7-25-16(4)19(26(28)29)14(2)21-25/h12H,5-11,13H2,1-4H3. The average Bonchev–Trinajstić information content (AvgIpc) is 3.18. The molecule has 1 saturated heterocycles. The highest BCUT2D eigenvalue weighted by Crippen LogP contribution is 2.22. The summed E-state index contributed by atoms with van der Waals surface area (Å²) in [6.45, 7) is 12.6. The Kier molecular flexibility index (Phi) is 6.31. The van der Waals surface area contributed by atoms with Gasteiger partial charge in [0.25, 0.3) is 0 Å². The molecule has 2 aromatic heterocycles. The van der Waals surface area contributed by atoms with Gasteiger partial charge < -0.3 is 4.90 Å². The first-order valence-corrected chi connectivity index (χ1v) is 10.0. The highest BCUT2D eigenvalue weighted by molar-refractivity contribution is 5.76. The van der Waals surface area contributed by atoms with Crippen molar-refractivity contribution in [1.29, 1.82) is 0 Å². The van der Waals surface area contributed by atoms with E-state index in [0.29, 0.717) is 37.4 Å². The van der Waals surface area contributed by atoms with Gasteiger partial charge in [-0.15, -0.1) is 0 Å². The lowest BCUT2D eigenvalue weighted by molar-refractivity contribution is -0.386.